The van der Waals surface area contributed by atoms with E-state index in [0.29, 0.717) is 0 Å². The highest BCUT2D eigenvalue weighted by Gasteiger charge is 2.16. The van der Waals surface area contributed by atoms with Gasteiger partial charge < -0.3 is 15.5 Å². The second kappa shape index (κ2) is 5.67. The first-order valence-electron chi connectivity index (χ1n) is 6.78. The molecule has 1 fully saturated rings. The van der Waals surface area contributed by atoms with Crippen molar-refractivity contribution in [3.63, 3.8) is 0 Å². The van der Waals surface area contributed by atoms with Crippen molar-refractivity contribution >= 4 is 5.82 Å². The lowest BCUT2D eigenvalue weighted by molar-refractivity contribution is 0.312. The van der Waals surface area contributed by atoms with Gasteiger partial charge in [0, 0.05) is 37.9 Å². The number of hydrogen-bond acceptors (Lipinski definition) is 4. The van der Waals surface area contributed by atoms with Gasteiger partial charge in [-0.15, -0.1) is 0 Å². The number of rotatable bonds is 3. The third-order valence-corrected chi connectivity index (χ3v) is 3.78. The Morgan fingerprint density at radius 1 is 1.28 bits per heavy atom. The molecular weight excluding hydrogens is 224 g/mol. The number of aryl methyl sites for hydroxylation is 1. The summed E-state index contributed by atoms with van der Waals surface area (Å²) in [5.74, 6) is 1.09. The third kappa shape index (κ3) is 2.82. The zero-order valence-corrected chi connectivity index (χ0v) is 11.7. The smallest absolute Gasteiger partial charge is 0.128 e. The number of likely N-dealkylation sites (N-methyl/N-ethyl adjacent to an activating group) is 1. The Bertz CT molecular complexity index is 397. The van der Waals surface area contributed by atoms with Gasteiger partial charge in [-0.25, -0.2) is 4.98 Å². The Morgan fingerprint density at radius 2 is 1.94 bits per heavy atom. The molecule has 2 N–H and O–H groups in total. The van der Waals surface area contributed by atoms with Crippen LogP contribution in [-0.2, 0) is 0 Å². The number of nitrogens with two attached hydrogens (primary N) is 1. The molecule has 1 aliphatic heterocycles. The first kappa shape index (κ1) is 13.3. The van der Waals surface area contributed by atoms with Crippen LogP contribution in [0.1, 0.15) is 30.6 Å². The summed E-state index contributed by atoms with van der Waals surface area (Å²) < 4.78 is 0. The molecule has 1 saturated heterocycles. The summed E-state index contributed by atoms with van der Waals surface area (Å²) in [7, 11) is 2.17. The van der Waals surface area contributed by atoms with Gasteiger partial charge in [0.25, 0.3) is 0 Å². The zero-order chi connectivity index (χ0) is 13.1. The summed E-state index contributed by atoms with van der Waals surface area (Å²) in [5.41, 5.74) is 8.33. The maximum absolute atomic E-state index is 6.08. The van der Waals surface area contributed by atoms with Crippen LogP contribution in [0.5, 0.6) is 0 Å². The van der Waals surface area contributed by atoms with Crippen LogP contribution < -0.4 is 10.6 Å². The van der Waals surface area contributed by atoms with Gasteiger partial charge in [-0.2, -0.15) is 0 Å². The number of piperazine rings is 1. The van der Waals surface area contributed by atoms with E-state index in [2.05, 4.69) is 42.8 Å². The molecule has 4 heteroatoms. The first-order valence-corrected chi connectivity index (χ1v) is 6.78. The fourth-order valence-corrected chi connectivity index (χ4v) is 2.38. The summed E-state index contributed by atoms with van der Waals surface area (Å²) in [6.45, 7) is 8.50. The molecule has 2 heterocycles. The van der Waals surface area contributed by atoms with E-state index in [1.54, 1.807) is 0 Å². The molecule has 0 saturated carbocycles. The van der Waals surface area contributed by atoms with Crippen LogP contribution in [0.3, 0.4) is 0 Å². The molecule has 4 nitrogen and oxygen atoms in total. The predicted octanol–water partition coefficient (Wildman–Crippen LogP) is 1.55. The van der Waals surface area contributed by atoms with E-state index in [0.717, 1.165) is 44.1 Å². The van der Waals surface area contributed by atoms with Crippen LogP contribution in [0.2, 0.25) is 0 Å². The molecule has 18 heavy (non-hydrogen) atoms. The first-order chi connectivity index (χ1) is 8.61. The Labute approximate surface area is 110 Å². The van der Waals surface area contributed by atoms with Gasteiger partial charge in [-0.05, 0) is 32.0 Å². The van der Waals surface area contributed by atoms with Gasteiger partial charge in [0.2, 0.25) is 0 Å². The number of anilines is 1. The summed E-state index contributed by atoms with van der Waals surface area (Å²) in [4.78, 5) is 9.43. The molecule has 1 aromatic rings. The number of pyridine rings is 1. The Morgan fingerprint density at radius 3 is 2.50 bits per heavy atom. The van der Waals surface area contributed by atoms with Gasteiger partial charge >= 0.3 is 0 Å². The lowest BCUT2D eigenvalue weighted by Crippen LogP contribution is -2.44. The van der Waals surface area contributed by atoms with Gasteiger partial charge in [0.05, 0.1) is 0 Å². The van der Waals surface area contributed by atoms with Crippen molar-refractivity contribution in [2.45, 2.75) is 26.3 Å². The molecule has 100 valence electrons. The fraction of sp³-hybridized carbons (Fsp3) is 0.643. The Balaban J connectivity index is 2.13. The van der Waals surface area contributed by atoms with E-state index in [-0.39, 0.29) is 6.04 Å². The molecule has 1 aliphatic rings. The second-order valence-electron chi connectivity index (χ2n) is 5.15. The van der Waals surface area contributed by atoms with Crippen LogP contribution in [0.25, 0.3) is 0 Å². The van der Waals surface area contributed by atoms with E-state index < -0.39 is 0 Å². The van der Waals surface area contributed by atoms with E-state index in [4.69, 9.17) is 10.7 Å². The fourth-order valence-electron chi connectivity index (χ4n) is 2.38. The van der Waals surface area contributed by atoms with Gasteiger partial charge in [-0.3, -0.25) is 0 Å². The molecule has 0 aromatic carbocycles. The van der Waals surface area contributed by atoms with Crippen LogP contribution in [0.4, 0.5) is 5.82 Å². The molecule has 0 unspecified atom stereocenters. The van der Waals surface area contributed by atoms with Crippen molar-refractivity contribution in [1.29, 1.82) is 0 Å². The molecular formula is C14H24N4. The number of nitrogens with zero attached hydrogens (tertiary/aromatic N) is 3. The molecule has 0 radical (unpaired) electrons. The molecule has 2 rings (SSSR count). The van der Waals surface area contributed by atoms with Crippen LogP contribution in [0.15, 0.2) is 12.1 Å². The van der Waals surface area contributed by atoms with E-state index in [9.17, 15) is 0 Å². The number of hydrogen-bond donors (Lipinski definition) is 1. The highest BCUT2D eigenvalue weighted by molar-refractivity contribution is 5.42. The quantitative estimate of drug-likeness (QED) is 0.881. The SMILES string of the molecule is CC[C@H](N)c1ccc(N2CCN(C)CC2)nc1C. The molecule has 0 aliphatic carbocycles. The van der Waals surface area contributed by atoms with Crippen molar-refractivity contribution in [3.05, 3.63) is 23.4 Å². The Kier molecular flexibility index (Phi) is 4.19. The van der Waals surface area contributed by atoms with Crippen LogP contribution in [-0.4, -0.2) is 43.1 Å². The van der Waals surface area contributed by atoms with E-state index in [1.165, 1.54) is 5.56 Å². The lowest BCUT2D eigenvalue weighted by Gasteiger charge is -2.33. The standard InChI is InChI=1S/C14H24N4/c1-4-13(15)12-5-6-14(16-11(12)2)18-9-7-17(3)8-10-18/h5-6,13H,4,7-10,15H2,1-3H3/t13-/m0/s1. The zero-order valence-electron chi connectivity index (χ0n) is 11.7. The minimum atomic E-state index is 0.110. The van der Waals surface area contributed by atoms with Gasteiger partial charge in [-0.1, -0.05) is 13.0 Å². The highest BCUT2D eigenvalue weighted by Crippen LogP contribution is 2.21. The van der Waals surface area contributed by atoms with Crippen molar-refractivity contribution in [1.82, 2.24) is 9.88 Å². The summed E-state index contributed by atoms with van der Waals surface area (Å²) in [6, 6.07) is 4.37. The van der Waals surface area contributed by atoms with Crippen molar-refractivity contribution in [2.24, 2.45) is 5.73 Å². The van der Waals surface area contributed by atoms with Crippen LogP contribution in [0, 0.1) is 6.92 Å². The highest BCUT2D eigenvalue weighted by atomic mass is 15.3. The Hall–Kier alpha value is -1.13. The molecule has 0 amide bonds. The van der Waals surface area contributed by atoms with Crippen molar-refractivity contribution < 1.29 is 0 Å². The second-order valence-corrected chi connectivity index (χ2v) is 5.15. The minimum absolute atomic E-state index is 0.110. The topological polar surface area (TPSA) is 45.4 Å². The normalized spacial score (nSPS) is 19.0. The monoisotopic (exact) mass is 248 g/mol. The maximum Gasteiger partial charge on any atom is 0.128 e. The van der Waals surface area contributed by atoms with Gasteiger partial charge in [0.15, 0.2) is 0 Å². The minimum Gasteiger partial charge on any atom is -0.354 e. The lowest BCUT2D eigenvalue weighted by atomic mass is 10.0. The van der Waals surface area contributed by atoms with E-state index >= 15 is 0 Å². The van der Waals surface area contributed by atoms with E-state index in [1.807, 2.05) is 0 Å². The average molecular weight is 248 g/mol. The number of aromatic nitrogens is 1. The molecule has 0 spiro atoms. The van der Waals surface area contributed by atoms with Crippen molar-refractivity contribution in [3.8, 4) is 0 Å². The molecule has 0 bridgehead atoms. The maximum atomic E-state index is 6.08. The largest absolute Gasteiger partial charge is 0.354 e. The van der Waals surface area contributed by atoms with Crippen molar-refractivity contribution in [2.75, 3.05) is 38.1 Å². The third-order valence-electron chi connectivity index (χ3n) is 3.78. The van der Waals surface area contributed by atoms with Crippen LogP contribution >= 0.6 is 0 Å². The summed E-state index contributed by atoms with van der Waals surface area (Å²) in [6.07, 6.45) is 0.955. The summed E-state index contributed by atoms with van der Waals surface area (Å²) >= 11 is 0. The average Bonchev–Trinajstić information content (AvgIpc) is 2.38. The summed E-state index contributed by atoms with van der Waals surface area (Å²) in [5, 5.41) is 0. The molecule has 1 aromatic heterocycles. The van der Waals surface area contributed by atoms with Gasteiger partial charge in [0.1, 0.15) is 5.82 Å². The molecule has 1 atom stereocenters. The predicted molar refractivity (Wildman–Crippen MR) is 75.9 cm³/mol.